The molecule has 2 N–H and O–H groups in total. The van der Waals surface area contributed by atoms with E-state index in [2.05, 4.69) is 30.4 Å². The highest BCUT2D eigenvalue weighted by molar-refractivity contribution is 6.01. The maximum atomic E-state index is 11.9. The van der Waals surface area contributed by atoms with Gasteiger partial charge in [0.15, 0.2) is 0 Å². The Morgan fingerprint density at radius 3 is 2.75 bits per heavy atom. The molecule has 0 saturated carbocycles. The standard InChI is InChI=1S/C13H16N6O/c1-9-15-12(18-17-9)13(20)16-10-4-5-11(14-8-10)19-6-2-3-7-19/h4-5,8H,2-3,6-7H2,1H3,(H,16,20)(H,15,17,18). The highest BCUT2D eigenvalue weighted by atomic mass is 16.2. The molecule has 0 unspecified atom stereocenters. The van der Waals surface area contributed by atoms with Crippen LogP contribution in [0.4, 0.5) is 11.5 Å². The lowest BCUT2D eigenvalue weighted by molar-refractivity contribution is 0.101. The van der Waals surface area contributed by atoms with Crippen LogP contribution in [0.3, 0.4) is 0 Å². The van der Waals surface area contributed by atoms with Gasteiger partial charge < -0.3 is 10.2 Å². The Bertz CT molecular complexity index is 600. The zero-order valence-electron chi connectivity index (χ0n) is 11.3. The largest absolute Gasteiger partial charge is 0.357 e. The number of carbonyl (C=O) groups excluding carboxylic acids is 1. The summed E-state index contributed by atoms with van der Waals surface area (Å²) in [6, 6.07) is 3.77. The summed E-state index contributed by atoms with van der Waals surface area (Å²) in [7, 11) is 0. The molecule has 0 bridgehead atoms. The summed E-state index contributed by atoms with van der Waals surface area (Å²) in [5, 5.41) is 9.18. The molecule has 7 heteroatoms. The fourth-order valence-electron chi connectivity index (χ4n) is 2.22. The zero-order chi connectivity index (χ0) is 13.9. The number of H-pyrrole nitrogens is 1. The first-order valence-corrected chi connectivity index (χ1v) is 6.64. The number of nitrogens with one attached hydrogen (secondary N) is 2. The molecule has 1 aliphatic heterocycles. The molecule has 3 rings (SSSR count). The summed E-state index contributed by atoms with van der Waals surface area (Å²) in [4.78, 5) is 22.5. The van der Waals surface area contributed by atoms with E-state index in [4.69, 9.17) is 0 Å². The number of aromatic amines is 1. The molecule has 7 nitrogen and oxygen atoms in total. The lowest BCUT2D eigenvalue weighted by atomic mass is 10.3. The van der Waals surface area contributed by atoms with Crippen LogP contribution in [0.25, 0.3) is 0 Å². The minimum absolute atomic E-state index is 0.131. The van der Waals surface area contributed by atoms with Crippen LogP contribution < -0.4 is 10.2 Å². The monoisotopic (exact) mass is 272 g/mol. The molecule has 3 heterocycles. The topological polar surface area (TPSA) is 86.8 Å². The maximum absolute atomic E-state index is 11.9. The highest BCUT2D eigenvalue weighted by Crippen LogP contribution is 2.19. The van der Waals surface area contributed by atoms with Gasteiger partial charge in [-0.2, -0.15) is 0 Å². The number of anilines is 2. The summed E-state index contributed by atoms with van der Waals surface area (Å²) in [6.45, 7) is 3.85. The van der Waals surface area contributed by atoms with E-state index in [1.54, 1.807) is 13.1 Å². The molecular formula is C13H16N6O. The van der Waals surface area contributed by atoms with Crippen molar-refractivity contribution in [3.63, 3.8) is 0 Å². The first kappa shape index (κ1) is 12.6. The number of hydrogen-bond donors (Lipinski definition) is 2. The minimum Gasteiger partial charge on any atom is -0.357 e. The Kier molecular flexibility index (Phi) is 3.32. The third-order valence-electron chi connectivity index (χ3n) is 3.24. The normalized spacial score (nSPS) is 14.6. The van der Waals surface area contributed by atoms with Gasteiger partial charge in [0.25, 0.3) is 5.91 Å². The van der Waals surface area contributed by atoms with E-state index in [0.29, 0.717) is 11.5 Å². The Hall–Kier alpha value is -2.44. The van der Waals surface area contributed by atoms with Gasteiger partial charge in [-0.1, -0.05) is 0 Å². The third kappa shape index (κ3) is 2.61. The van der Waals surface area contributed by atoms with Crippen molar-refractivity contribution in [3.05, 3.63) is 30.0 Å². The number of aryl methyl sites for hydroxylation is 1. The fourth-order valence-corrected chi connectivity index (χ4v) is 2.22. The molecule has 1 aliphatic rings. The van der Waals surface area contributed by atoms with E-state index in [0.717, 1.165) is 18.9 Å². The van der Waals surface area contributed by atoms with Gasteiger partial charge in [-0.25, -0.2) is 9.97 Å². The quantitative estimate of drug-likeness (QED) is 0.881. The number of hydrogen-bond acceptors (Lipinski definition) is 5. The predicted octanol–water partition coefficient (Wildman–Crippen LogP) is 1.36. The zero-order valence-corrected chi connectivity index (χ0v) is 11.3. The van der Waals surface area contributed by atoms with E-state index in [9.17, 15) is 4.79 Å². The third-order valence-corrected chi connectivity index (χ3v) is 3.24. The molecule has 0 aliphatic carbocycles. The van der Waals surface area contributed by atoms with E-state index < -0.39 is 0 Å². The van der Waals surface area contributed by atoms with Gasteiger partial charge in [-0.05, 0) is 31.9 Å². The van der Waals surface area contributed by atoms with Gasteiger partial charge in [-0.15, -0.1) is 5.10 Å². The van der Waals surface area contributed by atoms with E-state index in [1.165, 1.54) is 12.8 Å². The summed E-state index contributed by atoms with van der Waals surface area (Å²) < 4.78 is 0. The van der Waals surface area contributed by atoms with Crippen LogP contribution in [0.5, 0.6) is 0 Å². The maximum Gasteiger partial charge on any atom is 0.295 e. The van der Waals surface area contributed by atoms with Crippen molar-refractivity contribution < 1.29 is 4.79 Å². The Balaban J connectivity index is 1.67. The van der Waals surface area contributed by atoms with Crippen LogP contribution in [0.15, 0.2) is 18.3 Å². The van der Waals surface area contributed by atoms with Crippen molar-refractivity contribution >= 4 is 17.4 Å². The van der Waals surface area contributed by atoms with E-state index in [-0.39, 0.29) is 11.7 Å². The van der Waals surface area contributed by atoms with Crippen LogP contribution in [0, 0.1) is 6.92 Å². The van der Waals surface area contributed by atoms with Crippen LogP contribution in [0.1, 0.15) is 29.3 Å². The lowest BCUT2D eigenvalue weighted by Crippen LogP contribution is -2.19. The molecule has 1 saturated heterocycles. The molecule has 1 fully saturated rings. The lowest BCUT2D eigenvalue weighted by Gasteiger charge is -2.16. The van der Waals surface area contributed by atoms with Crippen LogP contribution in [-0.4, -0.2) is 39.2 Å². The summed E-state index contributed by atoms with van der Waals surface area (Å²) >= 11 is 0. The first-order chi connectivity index (χ1) is 9.72. The molecule has 1 amide bonds. The molecular weight excluding hydrogens is 256 g/mol. The van der Waals surface area contributed by atoms with Gasteiger partial charge in [0.1, 0.15) is 11.6 Å². The number of rotatable bonds is 3. The molecule has 0 spiro atoms. The van der Waals surface area contributed by atoms with Gasteiger partial charge in [0.2, 0.25) is 5.82 Å². The molecule has 2 aromatic heterocycles. The molecule has 0 radical (unpaired) electrons. The molecule has 0 atom stereocenters. The smallest absolute Gasteiger partial charge is 0.295 e. The fraction of sp³-hybridized carbons (Fsp3) is 0.385. The van der Waals surface area contributed by atoms with Crippen molar-refractivity contribution in [2.45, 2.75) is 19.8 Å². The van der Waals surface area contributed by atoms with Crippen molar-refractivity contribution in [1.82, 2.24) is 20.2 Å². The van der Waals surface area contributed by atoms with Gasteiger partial charge in [0.05, 0.1) is 11.9 Å². The average molecular weight is 272 g/mol. The Morgan fingerprint density at radius 1 is 1.35 bits per heavy atom. The van der Waals surface area contributed by atoms with E-state index in [1.807, 2.05) is 12.1 Å². The van der Waals surface area contributed by atoms with Gasteiger partial charge >= 0.3 is 0 Å². The number of carbonyl (C=O) groups is 1. The van der Waals surface area contributed by atoms with Crippen molar-refractivity contribution in [1.29, 1.82) is 0 Å². The van der Waals surface area contributed by atoms with Crippen LogP contribution in [-0.2, 0) is 0 Å². The van der Waals surface area contributed by atoms with Gasteiger partial charge in [-0.3, -0.25) is 9.89 Å². The van der Waals surface area contributed by atoms with Crippen molar-refractivity contribution in [2.75, 3.05) is 23.3 Å². The predicted molar refractivity (Wildman–Crippen MR) is 74.8 cm³/mol. The molecule has 0 aromatic carbocycles. The second kappa shape index (κ2) is 5.28. The molecule has 104 valence electrons. The minimum atomic E-state index is -0.343. The summed E-state index contributed by atoms with van der Waals surface area (Å²) in [5.41, 5.74) is 0.639. The average Bonchev–Trinajstić information content (AvgIpc) is 3.10. The first-order valence-electron chi connectivity index (χ1n) is 6.64. The number of amides is 1. The van der Waals surface area contributed by atoms with Crippen LogP contribution >= 0.6 is 0 Å². The second-order valence-electron chi connectivity index (χ2n) is 4.80. The number of aromatic nitrogens is 4. The highest BCUT2D eigenvalue weighted by Gasteiger charge is 2.14. The van der Waals surface area contributed by atoms with Gasteiger partial charge in [0, 0.05) is 13.1 Å². The van der Waals surface area contributed by atoms with E-state index >= 15 is 0 Å². The Morgan fingerprint density at radius 2 is 2.15 bits per heavy atom. The number of pyridine rings is 1. The summed E-state index contributed by atoms with van der Waals surface area (Å²) in [6.07, 6.45) is 4.08. The molecule has 20 heavy (non-hydrogen) atoms. The Labute approximate surface area is 116 Å². The van der Waals surface area contributed by atoms with Crippen molar-refractivity contribution in [3.8, 4) is 0 Å². The van der Waals surface area contributed by atoms with Crippen LogP contribution in [0.2, 0.25) is 0 Å². The van der Waals surface area contributed by atoms with Crippen molar-refractivity contribution in [2.24, 2.45) is 0 Å². The number of nitrogens with zero attached hydrogens (tertiary/aromatic N) is 4. The summed E-state index contributed by atoms with van der Waals surface area (Å²) in [5.74, 6) is 1.35. The second-order valence-corrected chi connectivity index (χ2v) is 4.80. The SMILES string of the molecule is Cc1nc(C(=O)Nc2ccc(N3CCCC3)nc2)n[nH]1. The molecule has 2 aromatic rings.